The highest BCUT2D eigenvalue weighted by molar-refractivity contribution is 6.39. The number of rotatable bonds is 3. The average Bonchev–Trinajstić information content (AvgIpc) is 2.68. The van der Waals surface area contributed by atoms with Gasteiger partial charge >= 0.3 is 0 Å². The van der Waals surface area contributed by atoms with E-state index in [2.05, 4.69) is 29.3 Å². The van der Waals surface area contributed by atoms with Gasteiger partial charge in [0.25, 0.3) is 5.91 Å². The molecule has 150 valence electrons. The Bertz CT molecular complexity index is 794. The van der Waals surface area contributed by atoms with Gasteiger partial charge in [-0.05, 0) is 44.4 Å². The fourth-order valence-corrected chi connectivity index (χ4v) is 4.86. The molecular weight excluding hydrogens is 356 g/mol. The van der Waals surface area contributed by atoms with E-state index in [0.29, 0.717) is 43.7 Å². The Morgan fingerprint density at radius 1 is 1.21 bits per heavy atom. The first-order chi connectivity index (χ1) is 13.4. The zero-order valence-electron chi connectivity index (χ0n) is 16.5. The van der Waals surface area contributed by atoms with E-state index in [1.165, 1.54) is 5.56 Å². The summed E-state index contributed by atoms with van der Waals surface area (Å²) in [6.45, 7) is 6.90. The molecule has 2 fully saturated rings. The van der Waals surface area contributed by atoms with Gasteiger partial charge in [-0.15, -0.1) is 0 Å². The number of nitrogens with zero attached hydrogens (tertiary/aromatic N) is 3. The summed E-state index contributed by atoms with van der Waals surface area (Å²) in [4.78, 5) is 28.4. The molecule has 2 N–H and O–H groups in total. The van der Waals surface area contributed by atoms with Crippen LogP contribution in [0.3, 0.4) is 0 Å². The number of hydrogen-bond acceptors (Lipinski definition) is 5. The molecule has 1 aromatic carbocycles. The van der Waals surface area contributed by atoms with Gasteiger partial charge in [0.15, 0.2) is 0 Å². The van der Waals surface area contributed by atoms with Crippen molar-refractivity contribution in [3.8, 4) is 5.75 Å². The van der Waals surface area contributed by atoms with Crippen LogP contribution in [0.1, 0.15) is 51.1 Å². The van der Waals surface area contributed by atoms with Gasteiger partial charge in [-0.3, -0.25) is 14.5 Å². The van der Waals surface area contributed by atoms with Crippen molar-refractivity contribution in [1.29, 1.82) is 0 Å². The Kier molecular flexibility index (Phi) is 4.87. The molecule has 28 heavy (non-hydrogen) atoms. The van der Waals surface area contributed by atoms with Crippen molar-refractivity contribution in [2.75, 3.05) is 19.6 Å². The van der Waals surface area contributed by atoms with Gasteiger partial charge in [0.1, 0.15) is 11.5 Å². The van der Waals surface area contributed by atoms with Crippen molar-refractivity contribution in [2.45, 2.75) is 51.6 Å². The molecule has 3 aliphatic heterocycles. The largest absolute Gasteiger partial charge is 0.508 e. The number of benzene rings is 1. The molecule has 4 rings (SSSR count). The summed E-state index contributed by atoms with van der Waals surface area (Å²) < 4.78 is 0. The monoisotopic (exact) mass is 384 g/mol. The molecule has 7 nitrogen and oxygen atoms in total. The number of hydrazone groups is 1. The number of hydrogen-bond donors (Lipinski definition) is 2. The molecule has 3 aliphatic rings. The lowest BCUT2D eigenvalue weighted by molar-refractivity contribution is -0.143. The minimum Gasteiger partial charge on any atom is -0.508 e. The van der Waals surface area contributed by atoms with Crippen molar-refractivity contribution in [3.05, 3.63) is 29.8 Å². The second-order valence-corrected chi connectivity index (χ2v) is 8.51. The van der Waals surface area contributed by atoms with Crippen LogP contribution in [0.15, 0.2) is 29.4 Å². The average molecular weight is 384 g/mol. The van der Waals surface area contributed by atoms with E-state index in [4.69, 9.17) is 0 Å². The van der Waals surface area contributed by atoms with E-state index in [0.717, 1.165) is 19.4 Å². The SMILES string of the molecule is CC(C)N1CC2(CCN(C(=O)C3=NNC(=O)CC3)CC2)C1c1ccc(O)cc1. The number of carbonyl (C=O) groups is 2. The molecule has 0 bridgehead atoms. The maximum atomic E-state index is 12.7. The molecule has 0 aromatic heterocycles. The van der Waals surface area contributed by atoms with Crippen LogP contribution in [0.25, 0.3) is 0 Å². The number of aromatic hydroxyl groups is 1. The minimum absolute atomic E-state index is 0.0453. The van der Waals surface area contributed by atoms with E-state index in [1.54, 1.807) is 12.1 Å². The third-order valence-corrected chi connectivity index (χ3v) is 6.48. The Morgan fingerprint density at radius 2 is 1.89 bits per heavy atom. The van der Waals surface area contributed by atoms with E-state index in [1.807, 2.05) is 17.0 Å². The number of amides is 2. The van der Waals surface area contributed by atoms with Gasteiger partial charge in [-0.2, -0.15) is 5.10 Å². The summed E-state index contributed by atoms with van der Waals surface area (Å²) in [6, 6.07) is 8.32. The molecule has 3 heterocycles. The van der Waals surface area contributed by atoms with Gasteiger partial charge in [0.2, 0.25) is 5.91 Å². The molecule has 0 radical (unpaired) electrons. The molecule has 1 atom stereocenters. The van der Waals surface area contributed by atoms with Gasteiger partial charge in [-0.25, -0.2) is 5.43 Å². The highest BCUT2D eigenvalue weighted by atomic mass is 16.3. The first-order valence-corrected chi connectivity index (χ1v) is 10.1. The van der Waals surface area contributed by atoms with Crippen molar-refractivity contribution >= 4 is 17.5 Å². The van der Waals surface area contributed by atoms with Crippen molar-refractivity contribution in [2.24, 2.45) is 10.5 Å². The molecule has 0 aliphatic carbocycles. The summed E-state index contributed by atoms with van der Waals surface area (Å²) in [6.07, 6.45) is 2.65. The van der Waals surface area contributed by atoms with Gasteiger partial charge < -0.3 is 10.0 Å². The number of nitrogens with one attached hydrogen (secondary N) is 1. The van der Waals surface area contributed by atoms with Gasteiger partial charge in [0, 0.05) is 50.0 Å². The smallest absolute Gasteiger partial charge is 0.270 e. The third-order valence-electron chi connectivity index (χ3n) is 6.48. The van der Waals surface area contributed by atoms with Crippen molar-refractivity contribution in [3.63, 3.8) is 0 Å². The topological polar surface area (TPSA) is 85.2 Å². The van der Waals surface area contributed by atoms with E-state index in [-0.39, 0.29) is 23.0 Å². The maximum absolute atomic E-state index is 12.7. The summed E-state index contributed by atoms with van der Waals surface area (Å²) in [5.41, 5.74) is 4.28. The lowest BCUT2D eigenvalue weighted by Gasteiger charge is -2.62. The van der Waals surface area contributed by atoms with Crippen LogP contribution in [-0.2, 0) is 9.59 Å². The molecule has 2 amide bonds. The van der Waals surface area contributed by atoms with Crippen molar-refractivity contribution in [1.82, 2.24) is 15.2 Å². The quantitative estimate of drug-likeness (QED) is 0.835. The fourth-order valence-electron chi connectivity index (χ4n) is 4.86. The van der Waals surface area contributed by atoms with Crippen molar-refractivity contribution < 1.29 is 14.7 Å². The predicted molar refractivity (Wildman–Crippen MR) is 106 cm³/mol. The number of carbonyl (C=O) groups excluding carboxylic acids is 2. The van der Waals surface area contributed by atoms with Gasteiger partial charge in [-0.1, -0.05) is 12.1 Å². The van der Waals surface area contributed by atoms with Crippen LogP contribution < -0.4 is 5.43 Å². The number of phenolic OH excluding ortho intramolecular Hbond substituents is 1. The second kappa shape index (κ2) is 7.20. The highest BCUT2D eigenvalue weighted by Gasteiger charge is 2.54. The minimum atomic E-state index is -0.130. The zero-order valence-corrected chi connectivity index (χ0v) is 16.5. The van der Waals surface area contributed by atoms with Gasteiger partial charge in [0.05, 0.1) is 0 Å². The lowest BCUT2D eigenvalue weighted by Crippen LogP contribution is -2.64. The number of piperidine rings is 1. The van der Waals surface area contributed by atoms with E-state index in [9.17, 15) is 14.7 Å². The Morgan fingerprint density at radius 3 is 2.46 bits per heavy atom. The van der Waals surface area contributed by atoms with E-state index < -0.39 is 0 Å². The fraction of sp³-hybridized carbons (Fsp3) is 0.571. The molecule has 7 heteroatoms. The summed E-state index contributed by atoms with van der Waals surface area (Å²) >= 11 is 0. The highest BCUT2D eigenvalue weighted by Crippen LogP contribution is 2.55. The van der Waals surface area contributed by atoms with Crippen LogP contribution in [0.5, 0.6) is 5.75 Å². The van der Waals surface area contributed by atoms with Crippen LogP contribution in [0.2, 0.25) is 0 Å². The normalized spacial score (nSPS) is 24.7. The van der Waals surface area contributed by atoms with E-state index >= 15 is 0 Å². The third kappa shape index (κ3) is 3.28. The number of phenols is 1. The second-order valence-electron chi connectivity index (χ2n) is 8.51. The molecule has 1 unspecified atom stereocenters. The zero-order chi connectivity index (χ0) is 19.9. The first kappa shape index (κ1) is 18.9. The van der Waals surface area contributed by atoms with Crippen LogP contribution >= 0.6 is 0 Å². The van der Waals surface area contributed by atoms with Crippen LogP contribution in [-0.4, -0.2) is 58.1 Å². The molecule has 1 spiro atoms. The molecular formula is C21H28N4O3. The Hall–Kier alpha value is -2.41. The molecule has 0 saturated carbocycles. The Labute approximate surface area is 165 Å². The summed E-state index contributed by atoms with van der Waals surface area (Å²) in [5.74, 6) is 0.110. The van der Waals surface area contributed by atoms with Crippen LogP contribution in [0, 0.1) is 5.41 Å². The van der Waals surface area contributed by atoms with Crippen LogP contribution in [0.4, 0.5) is 0 Å². The first-order valence-electron chi connectivity index (χ1n) is 10.1. The predicted octanol–water partition coefficient (Wildman–Crippen LogP) is 2.03. The maximum Gasteiger partial charge on any atom is 0.270 e. The number of likely N-dealkylation sites (tertiary alicyclic amines) is 2. The standard InChI is InChI=1S/C21H28N4O3/c1-14(2)25-13-21(19(25)15-3-5-16(26)6-4-15)9-11-24(12-10-21)20(28)17-7-8-18(27)23-22-17/h3-6,14,19,26H,7-13H2,1-2H3,(H,23,27). The molecule has 1 aromatic rings. The summed E-state index contributed by atoms with van der Waals surface area (Å²) in [5, 5.41) is 13.6. The molecule has 2 saturated heterocycles. The Balaban J connectivity index is 1.47. The summed E-state index contributed by atoms with van der Waals surface area (Å²) in [7, 11) is 0. The lowest BCUT2D eigenvalue weighted by atomic mass is 9.62.